The molecule has 0 aromatic rings. The molecular formula is C10H12Cl2O6. The lowest BCUT2D eigenvalue weighted by Crippen LogP contribution is -2.51. The van der Waals surface area contributed by atoms with Crippen LogP contribution in [0, 0.1) is 0 Å². The Balaban J connectivity index is 5.44. The van der Waals surface area contributed by atoms with Gasteiger partial charge in [0.05, 0.1) is 0 Å². The van der Waals surface area contributed by atoms with Crippen molar-refractivity contribution in [3.05, 3.63) is 25.3 Å². The highest BCUT2D eigenvalue weighted by Gasteiger charge is 2.55. The number of alkyl halides is 2. The van der Waals surface area contributed by atoms with E-state index < -0.39 is 22.4 Å². The molecule has 18 heavy (non-hydrogen) atoms. The number of halogens is 2. The van der Waals surface area contributed by atoms with E-state index in [4.69, 9.17) is 33.4 Å². The van der Waals surface area contributed by atoms with Crippen molar-refractivity contribution in [3.8, 4) is 0 Å². The second-order valence-corrected chi connectivity index (χ2v) is 4.40. The van der Waals surface area contributed by atoms with Crippen LogP contribution in [0.4, 0.5) is 9.59 Å². The smallest absolute Gasteiger partial charge is 0.450 e. The van der Waals surface area contributed by atoms with Crippen molar-refractivity contribution in [3.63, 3.8) is 0 Å². The summed E-state index contributed by atoms with van der Waals surface area (Å²) in [5.74, 6) is 0. The van der Waals surface area contributed by atoms with Crippen LogP contribution in [0.3, 0.4) is 0 Å². The summed E-state index contributed by atoms with van der Waals surface area (Å²) in [5.41, 5.74) is 0. The number of ether oxygens (including phenoxy) is 2. The van der Waals surface area contributed by atoms with Gasteiger partial charge >= 0.3 is 12.3 Å². The molecule has 6 nitrogen and oxygen atoms in total. The van der Waals surface area contributed by atoms with Crippen LogP contribution in [-0.4, -0.2) is 32.6 Å². The van der Waals surface area contributed by atoms with Crippen molar-refractivity contribution in [2.45, 2.75) is 23.0 Å². The maximum absolute atomic E-state index is 10.6. The molecule has 0 aromatic heterocycles. The van der Waals surface area contributed by atoms with Crippen molar-refractivity contribution >= 4 is 35.5 Å². The second kappa shape index (κ2) is 6.51. The maximum Gasteiger partial charge on any atom is 0.507 e. The van der Waals surface area contributed by atoms with Crippen molar-refractivity contribution < 1.29 is 29.3 Å². The lowest BCUT2D eigenvalue weighted by Gasteiger charge is -2.37. The summed E-state index contributed by atoms with van der Waals surface area (Å²) in [6.45, 7) is 6.72. The second-order valence-electron chi connectivity index (χ2n) is 3.18. The number of carboxylic acid groups (broad SMARTS) is 2. The summed E-state index contributed by atoms with van der Waals surface area (Å²) in [6, 6.07) is 0. The Morgan fingerprint density at radius 2 is 1.28 bits per heavy atom. The number of carbonyl (C=O) groups is 2. The van der Waals surface area contributed by atoms with Gasteiger partial charge in [-0.25, -0.2) is 9.59 Å². The van der Waals surface area contributed by atoms with Gasteiger partial charge in [0.25, 0.3) is 0 Å². The minimum absolute atomic E-state index is 0.258. The Hall–Kier alpha value is -1.40. The lowest BCUT2D eigenvalue weighted by atomic mass is 10.1. The van der Waals surface area contributed by atoms with Crippen LogP contribution in [-0.2, 0) is 9.47 Å². The molecule has 0 saturated heterocycles. The molecule has 0 aliphatic heterocycles. The molecule has 0 fully saturated rings. The van der Waals surface area contributed by atoms with Gasteiger partial charge in [0.15, 0.2) is 0 Å². The molecule has 2 unspecified atom stereocenters. The molecule has 102 valence electrons. The zero-order valence-corrected chi connectivity index (χ0v) is 10.8. The van der Waals surface area contributed by atoms with Gasteiger partial charge in [0, 0.05) is 12.8 Å². The average molecular weight is 299 g/mol. The van der Waals surface area contributed by atoms with Gasteiger partial charge in [-0.1, -0.05) is 35.4 Å². The SMILES string of the molecule is C=CCC(Cl)(OC(=O)O)C(Cl)(CC=C)OC(=O)O. The first-order valence-corrected chi connectivity index (χ1v) is 5.40. The summed E-state index contributed by atoms with van der Waals surface area (Å²) in [5, 5.41) is 12.9. The quantitative estimate of drug-likeness (QED) is 0.425. The molecule has 0 rings (SSSR count). The van der Waals surface area contributed by atoms with E-state index in [0.717, 1.165) is 0 Å². The van der Waals surface area contributed by atoms with E-state index in [1.165, 1.54) is 12.2 Å². The van der Waals surface area contributed by atoms with E-state index in [1.54, 1.807) is 0 Å². The first kappa shape index (κ1) is 16.6. The zero-order valence-electron chi connectivity index (χ0n) is 9.27. The number of rotatable bonds is 7. The number of hydrogen-bond acceptors (Lipinski definition) is 4. The van der Waals surface area contributed by atoms with Crippen LogP contribution in [0.5, 0.6) is 0 Å². The normalized spacial score (nSPS) is 16.8. The fraction of sp³-hybridized carbons (Fsp3) is 0.400. The van der Waals surface area contributed by atoms with E-state index in [9.17, 15) is 9.59 Å². The molecule has 0 saturated carbocycles. The van der Waals surface area contributed by atoms with Crippen molar-refractivity contribution in [2.24, 2.45) is 0 Å². The first-order chi connectivity index (χ1) is 8.20. The highest BCUT2D eigenvalue weighted by Crippen LogP contribution is 2.43. The molecule has 0 spiro atoms. The summed E-state index contributed by atoms with van der Waals surface area (Å²) in [4.78, 5) is 21.2. The van der Waals surface area contributed by atoms with Crippen LogP contribution in [0.1, 0.15) is 12.8 Å². The molecule has 0 radical (unpaired) electrons. The fourth-order valence-electron chi connectivity index (χ4n) is 1.19. The third-order valence-electron chi connectivity index (χ3n) is 1.87. The third-order valence-corrected chi connectivity index (χ3v) is 3.04. The summed E-state index contributed by atoms with van der Waals surface area (Å²) in [6.07, 6.45) is -1.52. The van der Waals surface area contributed by atoms with Crippen molar-refractivity contribution in [1.82, 2.24) is 0 Å². The van der Waals surface area contributed by atoms with Gasteiger partial charge in [-0.15, -0.1) is 13.2 Å². The van der Waals surface area contributed by atoms with E-state index in [-0.39, 0.29) is 12.8 Å². The summed E-state index contributed by atoms with van der Waals surface area (Å²) in [7, 11) is 0. The average Bonchev–Trinajstić information content (AvgIpc) is 2.15. The van der Waals surface area contributed by atoms with Crippen LogP contribution >= 0.6 is 23.2 Å². The Bertz CT molecular complexity index is 324. The molecule has 0 amide bonds. The Morgan fingerprint density at radius 3 is 1.44 bits per heavy atom. The van der Waals surface area contributed by atoms with E-state index in [1.807, 2.05) is 0 Å². The minimum Gasteiger partial charge on any atom is -0.450 e. The van der Waals surface area contributed by atoms with Crippen LogP contribution < -0.4 is 0 Å². The predicted molar refractivity (Wildman–Crippen MR) is 65.0 cm³/mol. The molecular weight excluding hydrogens is 287 g/mol. The van der Waals surface area contributed by atoms with Gasteiger partial charge < -0.3 is 19.7 Å². The Morgan fingerprint density at radius 1 is 1.00 bits per heavy atom. The van der Waals surface area contributed by atoms with Crippen LogP contribution in [0.2, 0.25) is 0 Å². The van der Waals surface area contributed by atoms with Gasteiger partial charge in [0.1, 0.15) is 0 Å². The molecule has 0 heterocycles. The zero-order chi connectivity index (χ0) is 14.4. The fourth-order valence-corrected chi connectivity index (χ4v) is 1.77. The van der Waals surface area contributed by atoms with E-state index in [2.05, 4.69) is 22.6 Å². The van der Waals surface area contributed by atoms with Gasteiger partial charge in [-0.2, -0.15) is 0 Å². The van der Waals surface area contributed by atoms with E-state index in [0.29, 0.717) is 0 Å². The maximum atomic E-state index is 10.6. The summed E-state index contributed by atoms with van der Waals surface area (Å²) >= 11 is 11.8. The van der Waals surface area contributed by atoms with Crippen LogP contribution in [0.15, 0.2) is 25.3 Å². The summed E-state index contributed by atoms with van der Waals surface area (Å²) < 4.78 is 8.88. The molecule has 0 bridgehead atoms. The molecule has 8 heteroatoms. The molecule has 2 N–H and O–H groups in total. The Labute approximate surface area is 113 Å². The number of hydrogen-bond donors (Lipinski definition) is 2. The molecule has 0 aliphatic carbocycles. The minimum atomic E-state index is -2.14. The first-order valence-electron chi connectivity index (χ1n) is 4.64. The molecule has 0 aliphatic rings. The van der Waals surface area contributed by atoms with Gasteiger partial charge in [-0.05, 0) is 0 Å². The van der Waals surface area contributed by atoms with Crippen LogP contribution in [0.25, 0.3) is 0 Å². The predicted octanol–water partition coefficient (Wildman–Crippen LogP) is 3.40. The monoisotopic (exact) mass is 298 g/mol. The largest absolute Gasteiger partial charge is 0.507 e. The van der Waals surface area contributed by atoms with Crippen molar-refractivity contribution in [2.75, 3.05) is 0 Å². The standard InChI is InChI=1S/C10H12Cl2O6/c1-3-5-9(11,17-7(13)14)10(12,6-4-2)18-8(15)16/h3-4H,1-2,5-6H2,(H,13,14)(H,15,16). The third kappa shape index (κ3) is 4.12. The van der Waals surface area contributed by atoms with Gasteiger partial charge in [0.2, 0.25) is 10.1 Å². The van der Waals surface area contributed by atoms with E-state index >= 15 is 0 Å². The highest BCUT2D eigenvalue weighted by atomic mass is 35.5. The lowest BCUT2D eigenvalue weighted by molar-refractivity contribution is -0.0820. The molecule has 0 aromatic carbocycles. The topological polar surface area (TPSA) is 93.1 Å². The van der Waals surface area contributed by atoms with Crippen molar-refractivity contribution in [1.29, 1.82) is 0 Å². The Kier molecular flexibility index (Phi) is 6.00. The highest BCUT2D eigenvalue weighted by molar-refractivity contribution is 6.34. The molecule has 2 atom stereocenters. The van der Waals surface area contributed by atoms with Gasteiger partial charge in [-0.3, -0.25) is 0 Å².